The maximum atomic E-state index is 12.8. The maximum absolute atomic E-state index is 12.8. The van der Waals surface area contributed by atoms with Crippen molar-refractivity contribution < 1.29 is 36.5 Å². The minimum atomic E-state index is -4.35. The van der Waals surface area contributed by atoms with Crippen molar-refractivity contribution in [3.05, 3.63) is 29.8 Å². The number of ether oxygens (including phenoxy) is 2. The Morgan fingerprint density at radius 3 is 1.91 bits per heavy atom. The number of likely N-dealkylation sites (N-methyl/N-ethyl adjacent to an activating group) is 1. The lowest BCUT2D eigenvalue weighted by Gasteiger charge is -2.27. The molecule has 0 saturated carbocycles. The van der Waals surface area contributed by atoms with Crippen molar-refractivity contribution in [1.82, 2.24) is 10.6 Å². The standard InChI is InChI=1S/C22H34N2O8S/c1-14-9-11-15(12-10-14)33(28,29)32-17(18(25)23-8)13-16(19(26)30-21(2,3)4)24-20(27)31-22(5,6)7/h9-12,16-17H,13H2,1-8H3,(H,23,25)(H,24,27)/t16-,17+/m1/s1. The lowest BCUT2D eigenvalue weighted by molar-refractivity contribution is -0.158. The SMILES string of the molecule is CNC(=O)[C@H](C[C@@H](NC(=O)OC(C)(C)C)C(=O)OC(C)(C)C)OS(=O)(=O)c1ccc(C)cc1. The van der Waals surface area contributed by atoms with Gasteiger partial charge in [0, 0.05) is 13.5 Å². The van der Waals surface area contributed by atoms with E-state index in [0.717, 1.165) is 5.56 Å². The molecule has 0 heterocycles. The summed E-state index contributed by atoms with van der Waals surface area (Å²) in [5.41, 5.74) is -0.917. The molecule has 1 aromatic rings. The molecule has 0 saturated heterocycles. The highest BCUT2D eigenvalue weighted by Crippen LogP contribution is 2.19. The quantitative estimate of drug-likeness (QED) is 0.422. The molecule has 0 aliphatic carbocycles. The number of carbonyl (C=O) groups is 3. The topological polar surface area (TPSA) is 137 Å². The van der Waals surface area contributed by atoms with Gasteiger partial charge in [-0.1, -0.05) is 17.7 Å². The summed E-state index contributed by atoms with van der Waals surface area (Å²) in [6.07, 6.45) is -3.08. The van der Waals surface area contributed by atoms with Crippen molar-refractivity contribution in [2.24, 2.45) is 0 Å². The fourth-order valence-corrected chi connectivity index (χ4v) is 3.57. The van der Waals surface area contributed by atoms with E-state index in [2.05, 4.69) is 10.6 Å². The second-order valence-electron chi connectivity index (χ2n) is 9.43. The monoisotopic (exact) mass is 486 g/mol. The molecule has 0 radical (unpaired) electrons. The smallest absolute Gasteiger partial charge is 0.408 e. The lowest BCUT2D eigenvalue weighted by atomic mass is 10.1. The molecule has 0 bridgehead atoms. The average Bonchev–Trinajstić information content (AvgIpc) is 2.63. The molecule has 0 aliphatic rings. The molecule has 1 aromatic carbocycles. The average molecular weight is 487 g/mol. The third kappa shape index (κ3) is 10.2. The molecular formula is C22H34N2O8S. The van der Waals surface area contributed by atoms with Crippen LogP contribution in [0.5, 0.6) is 0 Å². The van der Waals surface area contributed by atoms with Crippen LogP contribution in [0.3, 0.4) is 0 Å². The van der Waals surface area contributed by atoms with Gasteiger partial charge in [0.25, 0.3) is 16.0 Å². The van der Waals surface area contributed by atoms with Gasteiger partial charge in [0.1, 0.15) is 17.2 Å². The molecule has 1 rings (SSSR count). The number of nitrogens with one attached hydrogen (secondary N) is 2. The molecule has 186 valence electrons. The molecule has 2 N–H and O–H groups in total. The van der Waals surface area contributed by atoms with Crippen molar-refractivity contribution in [2.75, 3.05) is 7.05 Å². The Bertz CT molecular complexity index is 944. The zero-order chi connectivity index (χ0) is 25.6. The normalized spacial score (nSPS) is 14.1. The van der Waals surface area contributed by atoms with Crippen molar-refractivity contribution in [2.45, 2.75) is 83.1 Å². The molecule has 11 heteroatoms. The fourth-order valence-electron chi connectivity index (χ4n) is 2.52. The minimum Gasteiger partial charge on any atom is -0.458 e. The lowest BCUT2D eigenvalue weighted by Crippen LogP contribution is -2.50. The van der Waals surface area contributed by atoms with Gasteiger partial charge < -0.3 is 20.1 Å². The van der Waals surface area contributed by atoms with Crippen molar-refractivity contribution >= 4 is 28.1 Å². The van der Waals surface area contributed by atoms with E-state index >= 15 is 0 Å². The largest absolute Gasteiger partial charge is 0.458 e. The van der Waals surface area contributed by atoms with Gasteiger partial charge in [-0.15, -0.1) is 0 Å². The van der Waals surface area contributed by atoms with Crippen LogP contribution >= 0.6 is 0 Å². The molecule has 0 fully saturated rings. The molecular weight excluding hydrogens is 452 g/mol. The third-order valence-corrected chi connectivity index (χ3v) is 5.26. The van der Waals surface area contributed by atoms with Crippen LogP contribution < -0.4 is 10.6 Å². The predicted octanol–water partition coefficient (Wildman–Crippen LogP) is 2.44. The molecule has 2 atom stereocenters. The van der Waals surface area contributed by atoms with Crippen LogP contribution in [0.15, 0.2) is 29.2 Å². The zero-order valence-corrected chi connectivity index (χ0v) is 21.2. The van der Waals surface area contributed by atoms with Gasteiger partial charge in [0.05, 0.1) is 4.90 Å². The number of hydrogen-bond donors (Lipinski definition) is 2. The number of alkyl carbamates (subject to hydrolysis) is 1. The fraction of sp³-hybridized carbons (Fsp3) is 0.591. The Morgan fingerprint density at radius 2 is 1.45 bits per heavy atom. The first kappa shape index (κ1) is 28.4. The van der Waals surface area contributed by atoms with Gasteiger partial charge in [-0.2, -0.15) is 8.42 Å². The summed E-state index contributed by atoms with van der Waals surface area (Å²) in [5.74, 6) is -1.68. The van der Waals surface area contributed by atoms with Gasteiger partial charge in [0.15, 0.2) is 6.10 Å². The first-order chi connectivity index (χ1) is 14.9. The van der Waals surface area contributed by atoms with Crippen molar-refractivity contribution in [3.8, 4) is 0 Å². The highest BCUT2D eigenvalue weighted by molar-refractivity contribution is 7.86. The summed E-state index contributed by atoms with van der Waals surface area (Å²) >= 11 is 0. The summed E-state index contributed by atoms with van der Waals surface area (Å²) in [4.78, 5) is 37.3. The molecule has 0 unspecified atom stereocenters. The van der Waals surface area contributed by atoms with E-state index < -0.39 is 57.9 Å². The van der Waals surface area contributed by atoms with Gasteiger partial charge in [-0.3, -0.25) is 8.98 Å². The zero-order valence-electron chi connectivity index (χ0n) is 20.3. The third-order valence-electron chi connectivity index (χ3n) is 3.92. The molecule has 33 heavy (non-hydrogen) atoms. The molecule has 0 aromatic heterocycles. The van der Waals surface area contributed by atoms with Crippen LogP contribution in [0.4, 0.5) is 4.79 Å². The Balaban J connectivity index is 3.21. The Kier molecular flexibility index (Phi) is 9.43. The number of rotatable bonds is 8. The number of aryl methyl sites for hydroxylation is 1. The van der Waals surface area contributed by atoms with E-state index in [4.69, 9.17) is 13.7 Å². The first-order valence-electron chi connectivity index (χ1n) is 10.4. The number of amides is 2. The predicted molar refractivity (Wildman–Crippen MR) is 121 cm³/mol. The van der Waals surface area contributed by atoms with E-state index in [9.17, 15) is 22.8 Å². The van der Waals surface area contributed by atoms with E-state index in [1.54, 1.807) is 60.6 Å². The second-order valence-corrected chi connectivity index (χ2v) is 11.0. The Labute approximate surface area is 195 Å². The van der Waals surface area contributed by atoms with E-state index in [0.29, 0.717) is 0 Å². The molecule has 10 nitrogen and oxygen atoms in total. The highest BCUT2D eigenvalue weighted by atomic mass is 32.2. The van der Waals surface area contributed by atoms with Crippen molar-refractivity contribution in [1.29, 1.82) is 0 Å². The Hall–Kier alpha value is -2.66. The van der Waals surface area contributed by atoms with Gasteiger partial charge in [0.2, 0.25) is 0 Å². The van der Waals surface area contributed by atoms with E-state index in [-0.39, 0.29) is 4.90 Å². The Morgan fingerprint density at radius 1 is 0.939 bits per heavy atom. The molecule has 2 amide bonds. The van der Waals surface area contributed by atoms with Crippen LogP contribution in [0.1, 0.15) is 53.5 Å². The van der Waals surface area contributed by atoms with E-state index in [1.165, 1.54) is 19.2 Å². The number of benzene rings is 1. The van der Waals surface area contributed by atoms with Crippen LogP contribution in [0, 0.1) is 6.92 Å². The van der Waals surface area contributed by atoms with E-state index in [1.807, 2.05) is 0 Å². The summed E-state index contributed by atoms with van der Waals surface area (Å²) in [6, 6.07) is 4.43. The van der Waals surface area contributed by atoms with Crippen molar-refractivity contribution in [3.63, 3.8) is 0 Å². The first-order valence-corrected chi connectivity index (χ1v) is 11.8. The highest BCUT2D eigenvalue weighted by Gasteiger charge is 2.36. The molecule has 0 spiro atoms. The van der Waals surface area contributed by atoms with Crippen LogP contribution in [0.2, 0.25) is 0 Å². The summed E-state index contributed by atoms with van der Waals surface area (Å²) < 4.78 is 41.1. The summed E-state index contributed by atoms with van der Waals surface area (Å²) in [5, 5.41) is 4.66. The molecule has 0 aliphatic heterocycles. The van der Waals surface area contributed by atoms with Gasteiger partial charge in [-0.25, -0.2) is 9.59 Å². The minimum absolute atomic E-state index is 0.157. The summed E-state index contributed by atoms with van der Waals surface area (Å²) in [7, 11) is -3.06. The number of esters is 1. The maximum Gasteiger partial charge on any atom is 0.408 e. The van der Waals surface area contributed by atoms with Crippen LogP contribution in [-0.4, -0.2) is 56.8 Å². The summed E-state index contributed by atoms with van der Waals surface area (Å²) in [6.45, 7) is 11.6. The van der Waals surface area contributed by atoms with Gasteiger partial charge >= 0.3 is 12.1 Å². The number of carbonyl (C=O) groups excluding carboxylic acids is 3. The van der Waals surface area contributed by atoms with Crippen LogP contribution in [0.25, 0.3) is 0 Å². The van der Waals surface area contributed by atoms with Crippen LogP contribution in [-0.2, 0) is 33.4 Å². The van der Waals surface area contributed by atoms with Gasteiger partial charge in [-0.05, 0) is 60.6 Å². The second kappa shape index (κ2) is 11.0. The number of hydrogen-bond acceptors (Lipinski definition) is 8.